The summed E-state index contributed by atoms with van der Waals surface area (Å²) in [5, 5.41) is 59.8. The maximum absolute atomic E-state index is 12.7. The first kappa shape index (κ1) is 32.9. The number of benzene rings is 1. The lowest BCUT2D eigenvalue weighted by Gasteiger charge is -2.32. The van der Waals surface area contributed by atoms with Crippen LogP contribution in [0.5, 0.6) is 0 Å². The number of carbonyl (C=O) groups excluding carboxylic acids is 1. The number of ether oxygens (including phenoxy) is 2. The van der Waals surface area contributed by atoms with E-state index in [9.17, 15) is 35.4 Å². The van der Waals surface area contributed by atoms with Crippen molar-refractivity contribution in [2.45, 2.75) is 89.5 Å². The van der Waals surface area contributed by atoms with Crippen LogP contribution >= 0.6 is 0 Å². The molecular formula is C28H44O9. The van der Waals surface area contributed by atoms with Gasteiger partial charge in [0.1, 0.15) is 24.4 Å². The normalized spacial score (nSPS) is 17.0. The van der Waals surface area contributed by atoms with Crippen molar-refractivity contribution >= 4 is 5.97 Å². The zero-order valence-corrected chi connectivity index (χ0v) is 22.3. The van der Waals surface area contributed by atoms with Crippen molar-refractivity contribution in [2.24, 2.45) is 0 Å². The van der Waals surface area contributed by atoms with Crippen LogP contribution in [0.1, 0.15) is 52.5 Å². The summed E-state index contributed by atoms with van der Waals surface area (Å²) in [4.78, 5) is 12.7. The van der Waals surface area contributed by atoms with Crippen LogP contribution in [0.2, 0.25) is 0 Å². The van der Waals surface area contributed by atoms with Gasteiger partial charge in [-0.1, -0.05) is 48.1 Å². The lowest BCUT2D eigenvalue weighted by molar-refractivity contribution is -0.150. The van der Waals surface area contributed by atoms with Crippen molar-refractivity contribution in [1.82, 2.24) is 0 Å². The van der Waals surface area contributed by atoms with E-state index in [1.165, 1.54) is 0 Å². The van der Waals surface area contributed by atoms with Crippen molar-refractivity contribution in [3.8, 4) is 0 Å². The minimum Gasteiger partial charge on any atom is -0.457 e. The van der Waals surface area contributed by atoms with Gasteiger partial charge in [-0.25, -0.2) is 0 Å². The van der Waals surface area contributed by atoms with E-state index in [1.54, 1.807) is 32.1 Å². The highest BCUT2D eigenvalue weighted by Crippen LogP contribution is 2.25. The third-order valence-corrected chi connectivity index (χ3v) is 6.16. The number of carbonyl (C=O) groups is 1. The summed E-state index contributed by atoms with van der Waals surface area (Å²) < 4.78 is 11.2. The average Bonchev–Trinajstić information content (AvgIpc) is 2.85. The van der Waals surface area contributed by atoms with Gasteiger partial charge in [-0.05, 0) is 51.7 Å². The van der Waals surface area contributed by atoms with E-state index in [4.69, 9.17) is 9.47 Å². The fourth-order valence-electron chi connectivity index (χ4n) is 3.67. The summed E-state index contributed by atoms with van der Waals surface area (Å²) in [7, 11) is 0. The van der Waals surface area contributed by atoms with E-state index >= 15 is 0 Å². The summed E-state index contributed by atoms with van der Waals surface area (Å²) in [5.41, 5.74) is 0.974. The van der Waals surface area contributed by atoms with E-state index in [2.05, 4.69) is 0 Å². The summed E-state index contributed by atoms with van der Waals surface area (Å²) >= 11 is 0. The maximum atomic E-state index is 12.7. The van der Waals surface area contributed by atoms with Crippen LogP contribution < -0.4 is 0 Å². The van der Waals surface area contributed by atoms with E-state index in [0.717, 1.165) is 11.1 Å². The van der Waals surface area contributed by atoms with Gasteiger partial charge in [0.15, 0.2) is 0 Å². The fraction of sp³-hybridized carbons (Fsp3) is 0.607. The van der Waals surface area contributed by atoms with Crippen molar-refractivity contribution < 1.29 is 44.9 Å². The Balaban J connectivity index is 3.00. The summed E-state index contributed by atoms with van der Waals surface area (Å²) in [6.07, 6.45) is -1.74. The Morgan fingerprint density at radius 1 is 1.00 bits per heavy atom. The molecule has 0 aliphatic heterocycles. The molecule has 9 nitrogen and oxygen atoms in total. The standard InChI is InChI=1S/C28H44O9/c1-19(2)9-8-13-28(4,35)25(33)16-24(37-26(34)15-21-10-6-5-7-11-21)20(3)12-14-36-27(22(31)17-29)23(32)18-30/h5-7,9-12,22-25,27,29-33,35H,8,13-18H2,1-4H3/b20-12+/t22-,23-,24-,25-,28+/m1/s1. The van der Waals surface area contributed by atoms with Crippen LogP contribution in [0.15, 0.2) is 53.6 Å². The number of esters is 1. The molecule has 0 aliphatic rings. The zero-order valence-electron chi connectivity index (χ0n) is 22.3. The Labute approximate surface area is 219 Å². The van der Waals surface area contributed by atoms with Gasteiger partial charge < -0.3 is 40.1 Å². The Morgan fingerprint density at radius 3 is 2.14 bits per heavy atom. The highest BCUT2D eigenvalue weighted by atomic mass is 16.5. The van der Waals surface area contributed by atoms with Gasteiger partial charge in [0, 0.05) is 6.42 Å². The van der Waals surface area contributed by atoms with Gasteiger partial charge in [-0.3, -0.25) is 4.79 Å². The molecule has 210 valence electrons. The molecule has 0 fully saturated rings. The molecule has 6 N–H and O–H groups in total. The predicted molar refractivity (Wildman–Crippen MR) is 140 cm³/mol. The third-order valence-electron chi connectivity index (χ3n) is 6.16. The van der Waals surface area contributed by atoms with Crippen molar-refractivity contribution in [2.75, 3.05) is 19.8 Å². The Bertz CT molecular complexity index is 836. The fourth-order valence-corrected chi connectivity index (χ4v) is 3.67. The van der Waals surface area contributed by atoms with Crippen LogP contribution in [0.4, 0.5) is 0 Å². The molecular weight excluding hydrogens is 480 g/mol. The molecule has 1 aromatic carbocycles. The largest absolute Gasteiger partial charge is 0.457 e. The van der Waals surface area contributed by atoms with Crippen LogP contribution in [-0.4, -0.2) is 92.5 Å². The molecule has 0 heterocycles. The lowest BCUT2D eigenvalue weighted by atomic mass is 9.88. The molecule has 0 aliphatic carbocycles. The number of aliphatic hydroxyl groups excluding tert-OH is 5. The molecule has 1 rings (SSSR count). The van der Waals surface area contributed by atoms with E-state index < -0.39 is 55.3 Å². The lowest BCUT2D eigenvalue weighted by Crippen LogP contribution is -2.43. The average molecular weight is 525 g/mol. The van der Waals surface area contributed by atoms with Crippen LogP contribution in [0.25, 0.3) is 0 Å². The Kier molecular flexibility index (Phi) is 14.8. The van der Waals surface area contributed by atoms with Gasteiger partial charge in [-0.15, -0.1) is 0 Å². The molecule has 0 unspecified atom stereocenters. The number of allylic oxidation sites excluding steroid dienone is 2. The smallest absolute Gasteiger partial charge is 0.310 e. The second kappa shape index (κ2) is 16.7. The first-order chi connectivity index (χ1) is 17.4. The summed E-state index contributed by atoms with van der Waals surface area (Å²) in [6, 6.07) is 9.07. The zero-order chi connectivity index (χ0) is 28.0. The number of hydrogen-bond donors (Lipinski definition) is 6. The van der Waals surface area contributed by atoms with Crippen molar-refractivity contribution in [3.63, 3.8) is 0 Å². The maximum Gasteiger partial charge on any atom is 0.310 e. The third kappa shape index (κ3) is 12.3. The highest BCUT2D eigenvalue weighted by molar-refractivity contribution is 5.73. The van der Waals surface area contributed by atoms with Gasteiger partial charge in [0.05, 0.1) is 37.9 Å². The molecule has 1 aromatic rings. The van der Waals surface area contributed by atoms with Crippen molar-refractivity contribution in [1.29, 1.82) is 0 Å². The minimum absolute atomic E-state index is 0.0294. The van der Waals surface area contributed by atoms with Crippen LogP contribution in [0, 0.1) is 0 Å². The molecule has 0 saturated carbocycles. The molecule has 0 spiro atoms. The van der Waals surface area contributed by atoms with Gasteiger partial charge in [0.2, 0.25) is 0 Å². The molecule has 5 atom stereocenters. The minimum atomic E-state index is -1.42. The van der Waals surface area contributed by atoms with E-state index in [1.807, 2.05) is 38.1 Å². The summed E-state index contributed by atoms with van der Waals surface area (Å²) in [5.74, 6) is -0.509. The second-order valence-electron chi connectivity index (χ2n) is 9.82. The topological polar surface area (TPSA) is 157 Å². The van der Waals surface area contributed by atoms with Crippen LogP contribution in [0.3, 0.4) is 0 Å². The molecule has 0 saturated heterocycles. The highest BCUT2D eigenvalue weighted by Gasteiger charge is 2.33. The SMILES string of the molecule is CC(C)=CCC[C@](C)(O)[C@H](O)C[C@@H](OC(=O)Cc1ccccc1)/C(C)=C/COC([C@H](O)CO)[C@H](O)CO. The molecule has 37 heavy (non-hydrogen) atoms. The Hall–Kier alpha value is -2.11. The van der Waals surface area contributed by atoms with Crippen LogP contribution in [-0.2, 0) is 20.7 Å². The monoisotopic (exact) mass is 524 g/mol. The van der Waals surface area contributed by atoms with E-state index in [-0.39, 0.29) is 19.4 Å². The van der Waals surface area contributed by atoms with Crippen molar-refractivity contribution in [3.05, 3.63) is 59.2 Å². The number of rotatable bonds is 17. The molecule has 9 heteroatoms. The quantitative estimate of drug-likeness (QED) is 0.131. The molecule has 0 amide bonds. The second-order valence-corrected chi connectivity index (χ2v) is 9.82. The molecule has 0 aromatic heterocycles. The Morgan fingerprint density at radius 2 is 1.59 bits per heavy atom. The summed E-state index contributed by atoms with van der Waals surface area (Å²) in [6.45, 7) is 5.65. The predicted octanol–water partition coefficient (Wildman–Crippen LogP) is 1.43. The molecule has 0 bridgehead atoms. The first-order valence-electron chi connectivity index (χ1n) is 12.5. The van der Waals surface area contributed by atoms with E-state index in [0.29, 0.717) is 18.4 Å². The van der Waals surface area contributed by atoms with Gasteiger partial charge in [-0.2, -0.15) is 0 Å². The van der Waals surface area contributed by atoms with Gasteiger partial charge >= 0.3 is 5.97 Å². The van der Waals surface area contributed by atoms with Gasteiger partial charge in [0.25, 0.3) is 0 Å². The first-order valence-corrected chi connectivity index (χ1v) is 12.5. The number of hydrogen-bond acceptors (Lipinski definition) is 9. The molecule has 0 radical (unpaired) electrons. The number of aliphatic hydroxyl groups is 6.